The SMILES string of the molecule is Oc1cc2ccccc2c2c1C1CCC2C1. The van der Waals surface area contributed by atoms with Gasteiger partial charge in [0.2, 0.25) is 0 Å². The molecule has 80 valence electrons. The molecule has 0 spiro atoms. The minimum absolute atomic E-state index is 0.529. The van der Waals surface area contributed by atoms with E-state index in [9.17, 15) is 5.11 Å². The summed E-state index contributed by atoms with van der Waals surface area (Å²) in [5.41, 5.74) is 2.71. The number of phenols is 1. The lowest BCUT2D eigenvalue weighted by Crippen LogP contribution is -1.99. The molecule has 2 bridgehead atoms. The third kappa shape index (κ3) is 0.915. The number of hydrogen-bond donors (Lipinski definition) is 1. The van der Waals surface area contributed by atoms with Crippen LogP contribution in [-0.4, -0.2) is 5.11 Å². The van der Waals surface area contributed by atoms with Gasteiger partial charge in [-0.15, -0.1) is 0 Å². The van der Waals surface area contributed by atoms with Gasteiger partial charge in [-0.3, -0.25) is 0 Å². The van der Waals surface area contributed by atoms with Crippen LogP contribution in [0.25, 0.3) is 10.8 Å². The molecule has 2 aromatic carbocycles. The molecule has 1 fully saturated rings. The highest BCUT2D eigenvalue weighted by Gasteiger charge is 2.39. The molecular formula is C15H14O. The Bertz CT molecular complexity index is 585. The second-order valence-electron chi connectivity index (χ2n) is 5.15. The van der Waals surface area contributed by atoms with Crippen molar-refractivity contribution in [1.82, 2.24) is 0 Å². The van der Waals surface area contributed by atoms with E-state index in [1.807, 2.05) is 12.1 Å². The van der Waals surface area contributed by atoms with Gasteiger partial charge in [0.25, 0.3) is 0 Å². The molecule has 0 radical (unpaired) electrons. The first-order valence-corrected chi connectivity index (χ1v) is 6.09. The van der Waals surface area contributed by atoms with Gasteiger partial charge in [0.1, 0.15) is 5.75 Å². The van der Waals surface area contributed by atoms with Crippen LogP contribution in [0.15, 0.2) is 30.3 Å². The third-order valence-corrected chi connectivity index (χ3v) is 4.36. The summed E-state index contributed by atoms with van der Waals surface area (Å²) < 4.78 is 0. The van der Waals surface area contributed by atoms with E-state index in [-0.39, 0.29) is 0 Å². The average molecular weight is 210 g/mol. The molecule has 2 aromatic rings. The Hall–Kier alpha value is -1.50. The largest absolute Gasteiger partial charge is 0.508 e. The van der Waals surface area contributed by atoms with Crippen LogP contribution in [-0.2, 0) is 0 Å². The van der Waals surface area contributed by atoms with E-state index in [1.54, 1.807) is 0 Å². The van der Waals surface area contributed by atoms with Gasteiger partial charge in [-0.25, -0.2) is 0 Å². The predicted molar refractivity (Wildman–Crippen MR) is 64.9 cm³/mol. The van der Waals surface area contributed by atoms with Gasteiger partial charge < -0.3 is 5.11 Å². The molecule has 0 heterocycles. The lowest BCUT2D eigenvalue weighted by atomic mass is 9.87. The van der Waals surface area contributed by atoms with Crippen LogP contribution in [0.1, 0.15) is 42.2 Å². The van der Waals surface area contributed by atoms with E-state index < -0.39 is 0 Å². The van der Waals surface area contributed by atoms with E-state index in [2.05, 4.69) is 18.2 Å². The molecule has 2 aliphatic carbocycles. The molecule has 4 rings (SSSR count). The first kappa shape index (κ1) is 8.63. The molecule has 1 nitrogen and oxygen atoms in total. The van der Waals surface area contributed by atoms with Crippen molar-refractivity contribution in [2.24, 2.45) is 0 Å². The van der Waals surface area contributed by atoms with E-state index in [0.717, 1.165) is 0 Å². The summed E-state index contributed by atoms with van der Waals surface area (Å²) in [6.07, 6.45) is 3.84. The number of hydrogen-bond acceptors (Lipinski definition) is 1. The minimum atomic E-state index is 0.529. The van der Waals surface area contributed by atoms with Crippen molar-refractivity contribution in [2.45, 2.75) is 31.1 Å². The number of phenolic OH excluding ortho intramolecular Hbond substituents is 1. The van der Waals surface area contributed by atoms with E-state index in [1.165, 1.54) is 41.2 Å². The Kier molecular flexibility index (Phi) is 1.50. The molecular weight excluding hydrogens is 196 g/mol. The Morgan fingerprint density at radius 1 is 1.00 bits per heavy atom. The average Bonchev–Trinajstić information content (AvgIpc) is 2.90. The molecule has 16 heavy (non-hydrogen) atoms. The molecule has 2 atom stereocenters. The summed E-state index contributed by atoms with van der Waals surface area (Å²) in [6, 6.07) is 10.4. The van der Waals surface area contributed by atoms with Gasteiger partial charge in [-0.1, -0.05) is 24.3 Å². The first-order valence-electron chi connectivity index (χ1n) is 6.09. The number of benzene rings is 2. The summed E-state index contributed by atoms with van der Waals surface area (Å²) in [7, 11) is 0. The second kappa shape index (κ2) is 2.79. The van der Waals surface area contributed by atoms with Crippen LogP contribution in [0, 0.1) is 0 Å². The highest BCUT2D eigenvalue weighted by Crippen LogP contribution is 2.57. The van der Waals surface area contributed by atoms with E-state index in [0.29, 0.717) is 17.6 Å². The molecule has 1 saturated carbocycles. The maximum absolute atomic E-state index is 10.2. The lowest BCUT2D eigenvalue weighted by Gasteiger charge is -2.18. The van der Waals surface area contributed by atoms with Gasteiger partial charge in [-0.05, 0) is 53.5 Å². The van der Waals surface area contributed by atoms with Crippen molar-refractivity contribution in [3.05, 3.63) is 41.5 Å². The molecule has 1 N–H and O–H groups in total. The van der Waals surface area contributed by atoms with E-state index in [4.69, 9.17) is 0 Å². The smallest absolute Gasteiger partial charge is 0.119 e. The normalized spacial score (nSPS) is 26.2. The summed E-state index contributed by atoms with van der Waals surface area (Å²) in [5.74, 6) is 1.86. The molecule has 1 heteroatoms. The second-order valence-corrected chi connectivity index (χ2v) is 5.15. The van der Waals surface area contributed by atoms with Crippen LogP contribution in [0.4, 0.5) is 0 Å². The Balaban J connectivity index is 2.16. The monoisotopic (exact) mass is 210 g/mol. The highest BCUT2D eigenvalue weighted by molar-refractivity contribution is 5.90. The maximum atomic E-state index is 10.2. The molecule has 2 unspecified atom stereocenters. The summed E-state index contributed by atoms with van der Waals surface area (Å²) in [5, 5.41) is 12.7. The van der Waals surface area contributed by atoms with Crippen LogP contribution in [0.2, 0.25) is 0 Å². The molecule has 0 aromatic heterocycles. The molecule has 2 aliphatic rings. The van der Waals surface area contributed by atoms with Crippen LogP contribution >= 0.6 is 0 Å². The number of fused-ring (bicyclic) bond motifs is 7. The Morgan fingerprint density at radius 2 is 1.75 bits per heavy atom. The van der Waals surface area contributed by atoms with Crippen LogP contribution in [0.3, 0.4) is 0 Å². The summed E-state index contributed by atoms with van der Waals surface area (Å²) >= 11 is 0. The lowest BCUT2D eigenvalue weighted by molar-refractivity contribution is 0.462. The molecule has 0 aliphatic heterocycles. The Labute approximate surface area is 94.7 Å². The molecule has 0 saturated heterocycles. The van der Waals surface area contributed by atoms with E-state index >= 15 is 0 Å². The van der Waals surface area contributed by atoms with Crippen molar-refractivity contribution in [2.75, 3.05) is 0 Å². The Morgan fingerprint density at radius 3 is 2.62 bits per heavy atom. The van der Waals surface area contributed by atoms with Gasteiger partial charge in [0.15, 0.2) is 0 Å². The third-order valence-electron chi connectivity index (χ3n) is 4.36. The quantitative estimate of drug-likeness (QED) is 0.699. The van der Waals surface area contributed by atoms with Gasteiger partial charge in [-0.2, -0.15) is 0 Å². The topological polar surface area (TPSA) is 20.2 Å². The fraction of sp³-hybridized carbons (Fsp3) is 0.333. The van der Waals surface area contributed by atoms with Crippen molar-refractivity contribution in [3.63, 3.8) is 0 Å². The van der Waals surface area contributed by atoms with Crippen molar-refractivity contribution < 1.29 is 5.11 Å². The minimum Gasteiger partial charge on any atom is -0.508 e. The van der Waals surface area contributed by atoms with Crippen molar-refractivity contribution in [1.29, 1.82) is 0 Å². The standard InChI is InChI=1S/C15H14O/c16-13-8-9-3-1-2-4-12(9)14-10-5-6-11(7-10)15(13)14/h1-4,8,10-11,16H,5-7H2. The predicted octanol–water partition coefficient (Wildman–Crippen LogP) is 3.91. The fourth-order valence-corrected chi connectivity index (χ4v) is 3.75. The zero-order valence-electron chi connectivity index (χ0n) is 9.11. The van der Waals surface area contributed by atoms with Crippen LogP contribution < -0.4 is 0 Å². The maximum Gasteiger partial charge on any atom is 0.119 e. The molecule has 0 amide bonds. The van der Waals surface area contributed by atoms with Crippen molar-refractivity contribution in [3.8, 4) is 5.75 Å². The summed E-state index contributed by atoms with van der Waals surface area (Å²) in [6.45, 7) is 0. The van der Waals surface area contributed by atoms with Crippen LogP contribution in [0.5, 0.6) is 5.75 Å². The summed E-state index contributed by atoms with van der Waals surface area (Å²) in [4.78, 5) is 0. The fourth-order valence-electron chi connectivity index (χ4n) is 3.75. The van der Waals surface area contributed by atoms with Gasteiger partial charge in [0, 0.05) is 5.56 Å². The first-order chi connectivity index (χ1) is 7.84. The van der Waals surface area contributed by atoms with Gasteiger partial charge in [0.05, 0.1) is 0 Å². The zero-order valence-corrected chi connectivity index (χ0v) is 9.11. The number of aromatic hydroxyl groups is 1. The van der Waals surface area contributed by atoms with Gasteiger partial charge >= 0.3 is 0 Å². The number of rotatable bonds is 0. The highest BCUT2D eigenvalue weighted by atomic mass is 16.3. The van der Waals surface area contributed by atoms with Crippen molar-refractivity contribution >= 4 is 10.8 Å². The zero-order chi connectivity index (χ0) is 10.7.